The summed E-state index contributed by atoms with van der Waals surface area (Å²) in [7, 11) is 1.60. The topological polar surface area (TPSA) is 56.5 Å². The molecule has 4 nitrogen and oxygen atoms in total. The van der Waals surface area contributed by atoms with Crippen molar-refractivity contribution in [2.24, 2.45) is 5.84 Å². The average Bonchev–Trinajstić information content (AvgIpc) is 2.39. The van der Waals surface area contributed by atoms with Crippen LogP contribution in [0.25, 0.3) is 0 Å². The molecule has 0 bridgehead atoms. The first-order valence-corrected chi connectivity index (χ1v) is 6.05. The third kappa shape index (κ3) is 5.10. The summed E-state index contributed by atoms with van der Waals surface area (Å²) in [5.41, 5.74) is 4.70. The van der Waals surface area contributed by atoms with E-state index in [0.717, 1.165) is 16.9 Å². The minimum Gasteiger partial charge on any atom is -0.497 e. The van der Waals surface area contributed by atoms with Crippen LogP contribution in [0.1, 0.15) is 23.6 Å². The fraction of sp³-hybridized carbons (Fsp3) is 0.538. The summed E-state index contributed by atoms with van der Waals surface area (Å²) in [6.45, 7) is 1.63. The predicted molar refractivity (Wildman–Crippen MR) is 69.2 cm³/mol. The molecule has 0 aliphatic heterocycles. The molecule has 0 aromatic heterocycles. The molecule has 0 radical (unpaired) electrons. The lowest BCUT2D eigenvalue weighted by Gasteiger charge is -2.19. The zero-order chi connectivity index (χ0) is 14.3. The molecule has 0 saturated heterocycles. The molecular weight excluding hydrogens is 254 g/mol. The summed E-state index contributed by atoms with van der Waals surface area (Å²) in [4.78, 5) is 0. The van der Waals surface area contributed by atoms with Gasteiger partial charge < -0.3 is 9.47 Å². The summed E-state index contributed by atoms with van der Waals surface area (Å²) in [6, 6.07) is 5.52. The Labute approximate surface area is 111 Å². The van der Waals surface area contributed by atoms with E-state index in [2.05, 4.69) is 5.43 Å². The lowest BCUT2D eigenvalue weighted by Crippen LogP contribution is -2.29. The van der Waals surface area contributed by atoms with E-state index in [0.29, 0.717) is 6.42 Å². The van der Waals surface area contributed by atoms with E-state index in [4.69, 9.17) is 15.3 Å². The SMILES string of the molecule is COc1ccc(C(CCOCC(F)F)NN)c(C)c1. The second kappa shape index (κ2) is 8.04. The summed E-state index contributed by atoms with van der Waals surface area (Å²) in [5.74, 6) is 6.27. The van der Waals surface area contributed by atoms with Gasteiger partial charge in [0.2, 0.25) is 0 Å². The quantitative estimate of drug-likeness (QED) is 0.433. The van der Waals surface area contributed by atoms with Crippen LogP contribution in [0.5, 0.6) is 5.75 Å². The number of hydrazine groups is 1. The third-order valence-corrected chi connectivity index (χ3v) is 2.85. The first-order chi connectivity index (χ1) is 9.08. The number of ether oxygens (including phenoxy) is 2. The molecule has 0 saturated carbocycles. The maximum absolute atomic E-state index is 11.9. The normalized spacial score (nSPS) is 12.7. The molecule has 1 atom stereocenters. The highest BCUT2D eigenvalue weighted by Crippen LogP contribution is 2.24. The van der Waals surface area contributed by atoms with E-state index in [1.54, 1.807) is 7.11 Å². The predicted octanol–water partition coefficient (Wildman–Crippen LogP) is 2.18. The van der Waals surface area contributed by atoms with Crippen LogP contribution in [0.15, 0.2) is 18.2 Å². The molecule has 1 unspecified atom stereocenters. The van der Waals surface area contributed by atoms with Gasteiger partial charge in [0.25, 0.3) is 6.43 Å². The Kier molecular flexibility index (Phi) is 6.69. The second-order valence-corrected chi connectivity index (χ2v) is 4.20. The molecule has 0 aliphatic rings. The first-order valence-electron chi connectivity index (χ1n) is 6.05. The molecule has 1 aromatic rings. The Morgan fingerprint density at radius 3 is 2.63 bits per heavy atom. The Balaban J connectivity index is 2.59. The minimum absolute atomic E-state index is 0.136. The van der Waals surface area contributed by atoms with E-state index in [1.807, 2.05) is 25.1 Å². The molecule has 1 aromatic carbocycles. The number of aryl methyl sites for hydroxylation is 1. The third-order valence-electron chi connectivity index (χ3n) is 2.85. The lowest BCUT2D eigenvalue weighted by atomic mass is 9.99. The van der Waals surface area contributed by atoms with Crippen LogP contribution in [0.3, 0.4) is 0 Å². The molecule has 0 aliphatic carbocycles. The molecular formula is C13H20F2N2O2. The molecule has 19 heavy (non-hydrogen) atoms. The Morgan fingerprint density at radius 1 is 1.37 bits per heavy atom. The molecule has 0 fully saturated rings. The van der Waals surface area contributed by atoms with Gasteiger partial charge in [-0.05, 0) is 36.6 Å². The molecule has 0 heterocycles. The van der Waals surface area contributed by atoms with Gasteiger partial charge in [0.05, 0.1) is 7.11 Å². The Hall–Kier alpha value is -1.24. The van der Waals surface area contributed by atoms with Crippen molar-refractivity contribution in [3.05, 3.63) is 29.3 Å². The van der Waals surface area contributed by atoms with Gasteiger partial charge in [-0.2, -0.15) is 0 Å². The van der Waals surface area contributed by atoms with Crippen LogP contribution >= 0.6 is 0 Å². The number of nitrogens with one attached hydrogen (secondary N) is 1. The van der Waals surface area contributed by atoms with Crippen molar-refractivity contribution in [2.45, 2.75) is 25.8 Å². The zero-order valence-electron chi connectivity index (χ0n) is 11.2. The number of halogens is 2. The van der Waals surface area contributed by atoms with Crippen LogP contribution in [0, 0.1) is 6.92 Å². The molecule has 1 rings (SSSR count). The van der Waals surface area contributed by atoms with Crippen molar-refractivity contribution < 1.29 is 18.3 Å². The van der Waals surface area contributed by atoms with Crippen LogP contribution in [-0.2, 0) is 4.74 Å². The van der Waals surface area contributed by atoms with Gasteiger partial charge in [-0.1, -0.05) is 6.07 Å². The number of hydrogen-bond acceptors (Lipinski definition) is 4. The average molecular weight is 274 g/mol. The van der Waals surface area contributed by atoms with Crippen molar-refractivity contribution in [1.29, 1.82) is 0 Å². The van der Waals surface area contributed by atoms with Gasteiger partial charge in [0, 0.05) is 12.6 Å². The first kappa shape index (κ1) is 15.8. The fourth-order valence-electron chi connectivity index (χ4n) is 1.87. The van der Waals surface area contributed by atoms with Crippen molar-refractivity contribution in [2.75, 3.05) is 20.3 Å². The Bertz CT molecular complexity index is 389. The van der Waals surface area contributed by atoms with Gasteiger partial charge in [-0.15, -0.1) is 0 Å². The number of benzene rings is 1. The van der Waals surface area contributed by atoms with Crippen molar-refractivity contribution in [3.63, 3.8) is 0 Å². The van der Waals surface area contributed by atoms with E-state index in [9.17, 15) is 8.78 Å². The smallest absolute Gasteiger partial charge is 0.261 e. The van der Waals surface area contributed by atoms with Crippen LogP contribution in [0.4, 0.5) is 8.78 Å². The highest BCUT2D eigenvalue weighted by atomic mass is 19.3. The minimum atomic E-state index is -2.44. The summed E-state index contributed by atoms with van der Waals surface area (Å²) >= 11 is 0. The maximum Gasteiger partial charge on any atom is 0.261 e. The van der Waals surface area contributed by atoms with Gasteiger partial charge in [-0.3, -0.25) is 11.3 Å². The number of rotatable bonds is 8. The van der Waals surface area contributed by atoms with Crippen molar-refractivity contribution in [3.8, 4) is 5.75 Å². The molecule has 0 amide bonds. The van der Waals surface area contributed by atoms with Crippen molar-refractivity contribution >= 4 is 0 Å². The van der Waals surface area contributed by atoms with Gasteiger partial charge in [0.15, 0.2) is 0 Å². The summed E-state index contributed by atoms with van der Waals surface area (Å²) in [5, 5.41) is 0. The van der Waals surface area contributed by atoms with Crippen LogP contribution < -0.4 is 16.0 Å². The fourth-order valence-corrected chi connectivity index (χ4v) is 1.87. The number of hydrogen-bond donors (Lipinski definition) is 2. The standard InChI is InChI=1S/C13H20F2N2O2/c1-9-7-10(18-2)3-4-11(9)12(17-16)5-6-19-8-13(14)15/h3-4,7,12-13,17H,5-6,8,16H2,1-2H3. The van der Waals surface area contributed by atoms with E-state index < -0.39 is 13.0 Å². The van der Waals surface area contributed by atoms with E-state index in [-0.39, 0.29) is 12.6 Å². The second-order valence-electron chi connectivity index (χ2n) is 4.20. The number of alkyl halides is 2. The van der Waals surface area contributed by atoms with Crippen LogP contribution in [-0.4, -0.2) is 26.7 Å². The molecule has 3 N–H and O–H groups in total. The summed E-state index contributed by atoms with van der Waals surface area (Å²) in [6.07, 6.45) is -1.91. The Morgan fingerprint density at radius 2 is 2.11 bits per heavy atom. The zero-order valence-corrected chi connectivity index (χ0v) is 11.2. The van der Waals surface area contributed by atoms with E-state index in [1.165, 1.54) is 0 Å². The largest absolute Gasteiger partial charge is 0.497 e. The highest BCUT2D eigenvalue weighted by Gasteiger charge is 2.13. The van der Waals surface area contributed by atoms with Crippen LogP contribution in [0.2, 0.25) is 0 Å². The number of nitrogens with two attached hydrogens (primary N) is 1. The number of methoxy groups -OCH3 is 1. The lowest BCUT2D eigenvalue weighted by molar-refractivity contribution is 0.0143. The van der Waals surface area contributed by atoms with Gasteiger partial charge in [0.1, 0.15) is 12.4 Å². The maximum atomic E-state index is 11.9. The van der Waals surface area contributed by atoms with E-state index >= 15 is 0 Å². The molecule has 6 heteroatoms. The highest BCUT2D eigenvalue weighted by molar-refractivity contribution is 5.36. The van der Waals surface area contributed by atoms with Gasteiger partial charge >= 0.3 is 0 Å². The molecule has 108 valence electrons. The van der Waals surface area contributed by atoms with Gasteiger partial charge in [-0.25, -0.2) is 8.78 Å². The summed E-state index contributed by atoms with van der Waals surface area (Å²) < 4.78 is 33.9. The molecule has 0 spiro atoms. The monoisotopic (exact) mass is 274 g/mol. The van der Waals surface area contributed by atoms with Crippen molar-refractivity contribution in [1.82, 2.24) is 5.43 Å².